The second-order valence-corrected chi connectivity index (χ2v) is 5.32. The first-order valence-corrected chi connectivity index (χ1v) is 6.61. The molecule has 0 aromatic carbocycles. The van der Waals surface area contributed by atoms with Crippen molar-refractivity contribution in [3.8, 4) is 0 Å². The number of hydrogen-bond donors (Lipinski definition) is 1. The van der Waals surface area contributed by atoms with Gasteiger partial charge in [-0.1, -0.05) is 20.8 Å². The van der Waals surface area contributed by atoms with Crippen molar-refractivity contribution in [3.05, 3.63) is 22.7 Å². The molecule has 16 heavy (non-hydrogen) atoms. The van der Waals surface area contributed by atoms with Crippen molar-refractivity contribution in [1.29, 1.82) is 0 Å². The molecule has 0 saturated carbocycles. The molecule has 1 aromatic rings. The number of nitrogens with one attached hydrogen (secondary N) is 1. The van der Waals surface area contributed by atoms with Crippen LogP contribution in [0.2, 0.25) is 0 Å². The molecule has 0 bridgehead atoms. The van der Waals surface area contributed by atoms with Crippen LogP contribution < -0.4 is 5.32 Å². The quantitative estimate of drug-likeness (QED) is 0.874. The highest BCUT2D eigenvalue weighted by Gasteiger charge is 2.11. The lowest BCUT2D eigenvalue weighted by Gasteiger charge is -2.18. The lowest BCUT2D eigenvalue weighted by molar-refractivity contribution is 0.418. The molecule has 0 spiro atoms. The van der Waals surface area contributed by atoms with Crippen molar-refractivity contribution < 1.29 is 0 Å². The molecule has 0 aliphatic heterocycles. The van der Waals surface area contributed by atoms with Crippen LogP contribution in [0.1, 0.15) is 33.0 Å². The molecule has 90 valence electrons. The van der Waals surface area contributed by atoms with Gasteiger partial charge < -0.3 is 5.32 Å². The highest BCUT2D eigenvalue weighted by molar-refractivity contribution is 9.10. The SMILES string of the molecule is CCNC(Cc1ncc(Br)cn1)CC(C)C. The lowest BCUT2D eigenvalue weighted by Crippen LogP contribution is -2.32. The maximum absolute atomic E-state index is 4.31. The monoisotopic (exact) mass is 285 g/mol. The summed E-state index contributed by atoms with van der Waals surface area (Å²) in [6, 6.07) is 0.478. The molecule has 0 radical (unpaired) electrons. The van der Waals surface area contributed by atoms with Gasteiger partial charge in [0.25, 0.3) is 0 Å². The van der Waals surface area contributed by atoms with Gasteiger partial charge in [0.15, 0.2) is 0 Å². The van der Waals surface area contributed by atoms with Gasteiger partial charge in [-0.2, -0.15) is 0 Å². The summed E-state index contributed by atoms with van der Waals surface area (Å²) in [5.74, 6) is 1.61. The Morgan fingerprint density at radius 3 is 2.44 bits per heavy atom. The first kappa shape index (κ1) is 13.6. The van der Waals surface area contributed by atoms with E-state index in [-0.39, 0.29) is 0 Å². The maximum Gasteiger partial charge on any atom is 0.129 e. The van der Waals surface area contributed by atoms with Crippen LogP contribution in [-0.2, 0) is 6.42 Å². The van der Waals surface area contributed by atoms with E-state index < -0.39 is 0 Å². The highest BCUT2D eigenvalue weighted by Crippen LogP contribution is 2.10. The predicted molar refractivity (Wildman–Crippen MR) is 70.4 cm³/mol. The Morgan fingerprint density at radius 1 is 1.31 bits per heavy atom. The summed E-state index contributed by atoms with van der Waals surface area (Å²) >= 11 is 3.34. The molecule has 1 aromatic heterocycles. The van der Waals surface area contributed by atoms with Crippen molar-refractivity contribution in [2.75, 3.05) is 6.54 Å². The van der Waals surface area contributed by atoms with Crippen molar-refractivity contribution >= 4 is 15.9 Å². The summed E-state index contributed by atoms with van der Waals surface area (Å²) in [5.41, 5.74) is 0. The minimum absolute atomic E-state index is 0.478. The topological polar surface area (TPSA) is 37.8 Å². The standard InChI is InChI=1S/C12H20BrN3/c1-4-14-11(5-9(2)3)6-12-15-7-10(13)8-16-12/h7-9,11,14H,4-6H2,1-3H3. The Labute approximate surface area is 106 Å². The van der Waals surface area contributed by atoms with Crippen LogP contribution in [0.25, 0.3) is 0 Å². The molecular weight excluding hydrogens is 266 g/mol. The van der Waals surface area contributed by atoms with Crippen LogP contribution in [0.15, 0.2) is 16.9 Å². The molecule has 1 unspecified atom stereocenters. The van der Waals surface area contributed by atoms with Gasteiger partial charge in [-0.15, -0.1) is 0 Å². The van der Waals surface area contributed by atoms with Gasteiger partial charge in [0.1, 0.15) is 5.82 Å². The maximum atomic E-state index is 4.31. The Balaban J connectivity index is 2.56. The van der Waals surface area contributed by atoms with Gasteiger partial charge in [0, 0.05) is 24.9 Å². The zero-order valence-corrected chi connectivity index (χ0v) is 11.8. The van der Waals surface area contributed by atoms with Crippen LogP contribution in [0, 0.1) is 5.92 Å². The lowest BCUT2D eigenvalue weighted by atomic mass is 10.0. The molecule has 0 aliphatic rings. The minimum atomic E-state index is 0.478. The molecule has 0 aliphatic carbocycles. The van der Waals surface area contributed by atoms with E-state index in [9.17, 15) is 0 Å². The van der Waals surface area contributed by atoms with Gasteiger partial charge in [-0.25, -0.2) is 9.97 Å². The Morgan fingerprint density at radius 2 is 1.94 bits per heavy atom. The normalized spacial score (nSPS) is 13.1. The Kier molecular flexibility index (Phi) is 5.91. The fourth-order valence-corrected chi connectivity index (χ4v) is 1.97. The van der Waals surface area contributed by atoms with Gasteiger partial charge >= 0.3 is 0 Å². The second-order valence-electron chi connectivity index (χ2n) is 4.41. The molecule has 1 rings (SSSR count). The fourth-order valence-electron chi connectivity index (χ4n) is 1.76. The van der Waals surface area contributed by atoms with E-state index in [1.54, 1.807) is 12.4 Å². The zero-order chi connectivity index (χ0) is 12.0. The number of hydrogen-bond acceptors (Lipinski definition) is 3. The Hall–Kier alpha value is -0.480. The van der Waals surface area contributed by atoms with E-state index >= 15 is 0 Å². The summed E-state index contributed by atoms with van der Waals surface area (Å²) in [6.45, 7) is 7.61. The van der Waals surface area contributed by atoms with Gasteiger partial charge in [0.2, 0.25) is 0 Å². The molecule has 0 saturated heterocycles. The number of aromatic nitrogens is 2. The van der Waals surface area contributed by atoms with Crippen LogP contribution in [-0.4, -0.2) is 22.6 Å². The third-order valence-corrected chi connectivity index (χ3v) is 2.76. The van der Waals surface area contributed by atoms with Gasteiger partial charge in [-0.05, 0) is 34.8 Å². The van der Waals surface area contributed by atoms with Crippen molar-refractivity contribution in [2.45, 2.75) is 39.7 Å². The number of likely N-dealkylation sites (N-methyl/N-ethyl adjacent to an activating group) is 1. The number of rotatable bonds is 6. The van der Waals surface area contributed by atoms with E-state index in [4.69, 9.17) is 0 Å². The molecule has 1 atom stereocenters. The van der Waals surface area contributed by atoms with Gasteiger partial charge in [0.05, 0.1) is 4.47 Å². The summed E-state index contributed by atoms with van der Waals surface area (Å²) in [7, 11) is 0. The molecule has 0 fully saturated rings. The number of halogens is 1. The Bertz CT molecular complexity index is 298. The number of nitrogens with zero attached hydrogens (tertiary/aromatic N) is 2. The molecular formula is C12H20BrN3. The molecule has 1 N–H and O–H groups in total. The van der Waals surface area contributed by atoms with Crippen molar-refractivity contribution in [2.24, 2.45) is 5.92 Å². The third-order valence-electron chi connectivity index (χ3n) is 2.35. The summed E-state index contributed by atoms with van der Waals surface area (Å²) < 4.78 is 0.931. The van der Waals surface area contributed by atoms with E-state index in [0.717, 1.165) is 29.7 Å². The molecule has 3 nitrogen and oxygen atoms in total. The van der Waals surface area contributed by atoms with E-state index in [1.807, 2.05) is 0 Å². The van der Waals surface area contributed by atoms with Crippen LogP contribution in [0.3, 0.4) is 0 Å². The molecule has 0 amide bonds. The summed E-state index contributed by atoms with van der Waals surface area (Å²) in [6.07, 6.45) is 5.67. The van der Waals surface area contributed by atoms with Crippen LogP contribution >= 0.6 is 15.9 Å². The highest BCUT2D eigenvalue weighted by atomic mass is 79.9. The average Bonchev–Trinajstić information content (AvgIpc) is 2.21. The van der Waals surface area contributed by atoms with Crippen LogP contribution in [0.5, 0.6) is 0 Å². The van der Waals surface area contributed by atoms with Crippen LogP contribution in [0.4, 0.5) is 0 Å². The average molecular weight is 286 g/mol. The first-order valence-electron chi connectivity index (χ1n) is 5.81. The predicted octanol–water partition coefficient (Wildman–Crippen LogP) is 2.81. The smallest absolute Gasteiger partial charge is 0.129 e. The minimum Gasteiger partial charge on any atom is -0.314 e. The fraction of sp³-hybridized carbons (Fsp3) is 0.667. The molecule has 4 heteroatoms. The first-order chi connectivity index (χ1) is 7.61. The zero-order valence-electron chi connectivity index (χ0n) is 10.2. The van der Waals surface area contributed by atoms with Crippen molar-refractivity contribution in [1.82, 2.24) is 15.3 Å². The molecule has 1 heterocycles. The largest absolute Gasteiger partial charge is 0.314 e. The summed E-state index contributed by atoms with van der Waals surface area (Å²) in [4.78, 5) is 8.62. The van der Waals surface area contributed by atoms with E-state index in [1.165, 1.54) is 0 Å². The van der Waals surface area contributed by atoms with E-state index in [2.05, 4.69) is 52.0 Å². The van der Waals surface area contributed by atoms with Crippen molar-refractivity contribution in [3.63, 3.8) is 0 Å². The van der Waals surface area contributed by atoms with E-state index in [0.29, 0.717) is 12.0 Å². The second kappa shape index (κ2) is 6.97. The van der Waals surface area contributed by atoms with Gasteiger partial charge in [-0.3, -0.25) is 0 Å². The summed E-state index contributed by atoms with van der Waals surface area (Å²) in [5, 5.41) is 3.49. The third kappa shape index (κ3) is 5.03.